The number of benzene rings is 2. The van der Waals surface area contributed by atoms with Crippen LogP contribution >= 0.6 is 0 Å². The number of ether oxygens (including phenoxy) is 3. The van der Waals surface area contributed by atoms with E-state index in [-0.39, 0.29) is 24.1 Å². The average molecular weight is 343 g/mol. The van der Waals surface area contributed by atoms with Gasteiger partial charge in [-0.2, -0.15) is 0 Å². The zero-order valence-corrected chi connectivity index (χ0v) is 13.5. The molecule has 2 aromatic carbocycles. The SMILES string of the molecule is C[C@@H](NC(=O)COC(=O)c1ccc(O)cc1)c1ccc2c(c1)OCO2. The van der Waals surface area contributed by atoms with Crippen LogP contribution in [0.5, 0.6) is 17.2 Å². The van der Waals surface area contributed by atoms with E-state index in [1.54, 1.807) is 12.1 Å². The molecule has 1 amide bonds. The van der Waals surface area contributed by atoms with Gasteiger partial charge < -0.3 is 24.6 Å². The summed E-state index contributed by atoms with van der Waals surface area (Å²) in [7, 11) is 0. The second kappa shape index (κ2) is 7.12. The highest BCUT2D eigenvalue weighted by atomic mass is 16.7. The molecule has 2 N–H and O–H groups in total. The Hall–Kier alpha value is -3.22. The molecule has 0 saturated carbocycles. The molecule has 0 unspecified atom stereocenters. The van der Waals surface area contributed by atoms with Gasteiger partial charge in [0, 0.05) is 0 Å². The van der Waals surface area contributed by atoms with E-state index in [1.807, 2.05) is 13.0 Å². The number of carbonyl (C=O) groups excluding carboxylic acids is 2. The van der Waals surface area contributed by atoms with Gasteiger partial charge in [-0.25, -0.2) is 4.79 Å². The lowest BCUT2D eigenvalue weighted by molar-refractivity contribution is -0.124. The first-order chi connectivity index (χ1) is 12.0. The van der Waals surface area contributed by atoms with Crippen molar-refractivity contribution in [2.75, 3.05) is 13.4 Å². The maximum atomic E-state index is 12.0. The minimum atomic E-state index is -0.633. The van der Waals surface area contributed by atoms with Gasteiger partial charge in [0.25, 0.3) is 5.91 Å². The monoisotopic (exact) mass is 343 g/mol. The van der Waals surface area contributed by atoms with Gasteiger partial charge in [-0.05, 0) is 48.9 Å². The summed E-state index contributed by atoms with van der Waals surface area (Å²) in [6.45, 7) is 1.61. The normalized spacial score (nSPS) is 13.2. The molecule has 7 nitrogen and oxygen atoms in total. The largest absolute Gasteiger partial charge is 0.508 e. The van der Waals surface area contributed by atoms with Gasteiger partial charge in [0.1, 0.15) is 5.75 Å². The van der Waals surface area contributed by atoms with Crippen molar-refractivity contribution in [2.45, 2.75) is 13.0 Å². The molecule has 1 heterocycles. The second-order valence-corrected chi connectivity index (χ2v) is 5.52. The smallest absolute Gasteiger partial charge is 0.338 e. The van der Waals surface area contributed by atoms with Crippen LogP contribution in [-0.4, -0.2) is 30.4 Å². The minimum absolute atomic E-state index is 0.0480. The molecule has 3 rings (SSSR count). The molecule has 0 aromatic heterocycles. The highest BCUT2D eigenvalue weighted by Crippen LogP contribution is 2.34. The van der Waals surface area contributed by atoms with Crippen LogP contribution in [0.1, 0.15) is 28.9 Å². The molecule has 25 heavy (non-hydrogen) atoms. The molecule has 0 spiro atoms. The maximum Gasteiger partial charge on any atom is 0.338 e. The van der Waals surface area contributed by atoms with Crippen molar-refractivity contribution in [3.8, 4) is 17.2 Å². The third-order valence-corrected chi connectivity index (χ3v) is 3.71. The van der Waals surface area contributed by atoms with Gasteiger partial charge in [0.05, 0.1) is 11.6 Å². The van der Waals surface area contributed by atoms with Crippen molar-refractivity contribution in [3.05, 3.63) is 53.6 Å². The number of carbonyl (C=O) groups is 2. The summed E-state index contributed by atoms with van der Waals surface area (Å²) in [5.41, 5.74) is 1.11. The number of nitrogens with one attached hydrogen (secondary N) is 1. The van der Waals surface area contributed by atoms with Gasteiger partial charge in [0.15, 0.2) is 18.1 Å². The topological polar surface area (TPSA) is 94.1 Å². The van der Waals surface area contributed by atoms with Crippen molar-refractivity contribution in [3.63, 3.8) is 0 Å². The molecule has 1 atom stereocenters. The second-order valence-electron chi connectivity index (χ2n) is 5.52. The Morgan fingerprint density at radius 3 is 2.64 bits per heavy atom. The van der Waals surface area contributed by atoms with Gasteiger partial charge in [-0.3, -0.25) is 4.79 Å². The number of phenols is 1. The van der Waals surface area contributed by atoms with Crippen LogP contribution in [0.3, 0.4) is 0 Å². The molecule has 2 aromatic rings. The Kier molecular flexibility index (Phi) is 4.74. The van der Waals surface area contributed by atoms with Crippen LogP contribution in [-0.2, 0) is 9.53 Å². The van der Waals surface area contributed by atoms with Crippen LogP contribution in [0, 0.1) is 0 Å². The number of amides is 1. The summed E-state index contributed by atoms with van der Waals surface area (Å²) in [5.74, 6) is 0.303. The van der Waals surface area contributed by atoms with E-state index >= 15 is 0 Å². The van der Waals surface area contributed by atoms with Crippen LogP contribution in [0.25, 0.3) is 0 Å². The molecule has 0 saturated heterocycles. The van der Waals surface area contributed by atoms with Gasteiger partial charge in [-0.1, -0.05) is 6.07 Å². The molecule has 0 aliphatic carbocycles. The summed E-state index contributed by atoms with van der Waals surface area (Å²) in [4.78, 5) is 23.8. The first kappa shape index (κ1) is 16.6. The van der Waals surface area contributed by atoms with Gasteiger partial charge in [-0.15, -0.1) is 0 Å². The van der Waals surface area contributed by atoms with Crippen LogP contribution in [0.15, 0.2) is 42.5 Å². The Morgan fingerprint density at radius 2 is 1.88 bits per heavy atom. The van der Waals surface area contributed by atoms with Crippen molar-refractivity contribution in [2.24, 2.45) is 0 Å². The number of fused-ring (bicyclic) bond motifs is 1. The summed E-state index contributed by atoms with van der Waals surface area (Å²) in [6, 6.07) is 10.7. The Balaban J connectivity index is 1.52. The van der Waals surface area contributed by atoms with E-state index < -0.39 is 18.5 Å². The van der Waals surface area contributed by atoms with E-state index in [0.717, 1.165) is 5.56 Å². The first-order valence-electron chi connectivity index (χ1n) is 7.68. The molecule has 7 heteroatoms. The molecular formula is C18H17NO6. The van der Waals surface area contributed by atoms with Crippen LogP contribution in [0.4, 0.5) is 0 Å². The lowest BCUT2D eigenvalue weighted by Gasteiger charge is -2.15. The minimum Gasteiger partial charge on any atom is -0.508 e. The van der Waals surface area contributed by atoms with E-state index in [9.17, 15) is 14.7 Å². The predicted molar refractivity (Wildman–Crippen MR) is 87.5 cm³/mol. The third-order valence-electron chi connectivity index (χ3n) is 3.71. The molecule has 0 bridgehead atoms. The van der Waals surface area contributed by atoms with Gasteiger partial charge in [0.2, 0.25) is 6.79 Å². The average Bonchev–Trinajstić information content (AvgIpc) is 3.08. The van der Waals surface area contributed by atoms with Gasteiger partial charge >= 0.3 is 5.97 Å². The quantitative estimate of drug-likeness (QED) is 0.808. The molecule has 1 aliphatic heterocycles. The van der Waals surface area contributed by atoms with E-state index in [2.05, 4.69) is 5.32 Å². The van der Waals surface area contributed by atoms with Crippen molar-refractivity contribution in [1.29, 1.82) is 0 Å². The zero-order valence-electron chi connectivity index (χ0n) is 13.5. The fraction of sp³-hybridized carbons (Fsp3) is 0.222. The lowest BCUT2D eigenvalue weighted by atomic mass is 10.1. The Labute approximate surface area is 144 Å². The highest BCUT2D eigenvalue weighted by Gasteiger charge is 2.17. The summed E-state index contributed by atoms with van der Waals surface area (Å²) < 4.78 is 15.5. The summed E-state index contributed by atoms with van der Waals surface area (Å²) >= 11 is 0. The van der Waals surface area contributed by atoms with Crippen molar-refractivity contribution < 1.29 is 28.9 Å². The fourth-order valence-electron chi connectivity index (χ4n) is 2.36. The van der Waals surface area contributed by atoms with Crippen molar-refractivity contribution in [1.82, 2.24) is 5.32 Å². The molecule has 0 radical (unpaired) electrons. The number of phenolic OH excluding ortho intramolecular Hbond substituents is 1. The highest BCUT2D eigenvalue weighted by molar-refractivity contribution is 5.91. The molecule has 0 fully saturated rings. The molecular weight excluding hydrogens is 326 g/mol. The fourth-order valence-corrected chi connectivity index (χ4v) is 2.36. The zero-order chi connectivity index (χ0) is 17.8. The number of aromatic hydroxyl groups is 1. The number of hydrogen-bond donors (Lipinski definition) is 2. The lowest BCUT2D eigenvalue weighted by Crippen LogP contribution is -2.31. The van der Waals surface area contributed by atoms with E-state index in [4.69, 9.17) is 14.2 Å². The van der Waals surface area contributed by atoms with Crippen molar-refractivity contribution >= 4 is 11.9 Å². The number of esters is 1. The van der Waals surface area contributed by atoms with E-state index in [0.29, 0.717) is 11.5 Å². The Morgan fingerprint density at radius 1 is 1.16 bits per heavy atom. The van der Waals surface area contributed by atoms with Crippen LogP contribution in [0.2, 0.25) is 0 Å². The van der Waals surface area contributed by atoms with E-state index in [1.165, 1.54) is 24.3 Å². The summed E-state index contributed by atoms with van der Waals surface area (Å²) in [5, 5.41) is 11.9. The third kappa shape index (κ3) is 4.00. The number of rotatable bonds is 5. The van der Waals surface area contributed by atoms with Crippen LogP contribution < -0.4 is 14.8 Å². The first-order valence-corrected chi connectivity index (χ1v) is 7.68. The standard InChI is InChI=1S/C18H17NO6/c1-11(13-4-7-15-16(8-13)25-10-24-15)19-17(21)9-23-18(22)12-2-5-14(20)6-3-12/h2-8,11,20H,9-10H2,1H3,(H,19,21)/t11-/m1/s1. The summed E-state index contributed by atoms with van der Waals surface area (Å²) in [6.07, 6.45) is 0. The maximum absolute atomic E-state index is 12.0. The Bertz CT molecular complexity index is 787. The molecule has 130 valence electrons. The number of hydrogen-bond acceptors (Lipinski definition) is 6. The molecule has 1 aliphatic rings. The predicted octanol–water partition coefficient (Wildman–Crippen LogP) is 2.16.